The molecule has 2 heterocycles. The second kappa shape index (κ2) is 4.70. The van der Waals surface area contributed by atoms with Gasteiger partial charge in [-0.15, -0.1) is 0 Å². The molecule has 1 fully saturated rings. The first-order valence-electron chi connectivity index (χ1n) is 5.12. The molecule has 1 atom stereocenters. The largest absolute Gasteiger partial charge is 0.356 e. The van der Waals surface area contributed by atoms with Gasteiger partial charge < -0.3 is 10.6 Å². The Bertz CT molecular complexity index is 278. The number of rotatable bonds is 2. The molecule has 0 aromatic carbocycles. The van der Waals surface area contributed by atoms with Crippen molar-refractivity contribution in [3.8, 4) is 0 Å². The highest BCUT2D eigenvalue weighted by atomic mass is 32.1. The van der Waals surface area contributed by atoms with Gasteiger partial charge in [-0.1, -0.05) is 6.42 Å². The minimum absolute atomic E-state index is 0.518. The standard InChI is InChI=1S/C9H16N4S/c1-7-11-9(14-13-7)12-8-4-2-3-5-10-6-8/h8,10H,2-6H2,1H3,(H,11,12,13). The Labute approximate surface area is 88.3 Å². The van der Waals surface area contributed by atoms with Gasteiger partial charge in [0.25, 0.3) is 0 Å². The lowest BCUT2D eigenvalue weighted by Gasteiger charge is -2.14. The van der Waals surface area contributed by atoms with Gasteiger partial charge in [0.15, 0.2) is 0 Å². The van der Waals surface area contributed by atoms with E-state index < -0.39 is 0 Å². The zero-order chi connectivity index (χ0) is 9.80. The van der Waals surface area contributed by atoms with E-state index >= 15 is 0 Å². The lowest BCUT2D eigenvalue weighted by Crippen LogP contribution is -2.30. The van der Waals surface area contributed by atoms with Crippen LogP contribution in [0.4, 0.5) is 5.13 Å². The van der Waals surface area contributed by atoms with E-state index in [1.54, 1.807) is 0 Å². The molecule has 1 saturated heterocycles. The molecule has 4 nitrogen and oxygen atoms in total. The maximum atomic E-state index is 4.30. The lowest BCUT2D eigenvalue weighted by atomic mass is 10.1. The van der Waals surface area contributed by atoms with Crippen molar-refractivity contribution in [3.05, 3.63) is 5.82 Å². The molecule has 2 N–H and O–H groups in total. The third kappa shape index (κ3) is 2.65. The fraction of sp³-hybridized carbons (Fsp3) is 0.778. The number of nitrogens with zero attached hydrogens (tertiary/aromatic N) is 2. The van der Waals surface area contributed by atoms with Gasteiger partial charge in [0, 0.05) is 24.1 Å². The summed E-state index contributed by atoms with van der Waals surface area (Å²) in [5, 5.41) is 7.80. The zero-order valence-electron chi connectivity index (χ0n) is 8.42. The maximum absolute atomic E-state index is 4.30. The zero-order valence-corrected chi connectivity index (χ0v) is 9.23. The molecule has 0 aliphatic carbocycles. The summed E-state index contributed by atoms with van der Waals surface area (Å²) in [4.78, 5) is 4.30. The molecule has 1 unspecified atom stereocenters. The van der Waals surface area contributed by atoms with Crippen LogP contribution in [-0.4, -0.2) is 28.5 Å². The molecule has 1 aromatic rings. The summed E-state index contributed by atoms with van der Waals surface area (Å²) in [6, 6.07) is 0.518. The number of nitrogens with one attached hydrogen (secondary N) is 2. The summed E-state index contributed by atoms with van der Waals surface area (Å²) in [6.45, 7) is 4.11. The molecule has 0 bridgehead atoms. The van der Waals surface area contributed by atoms with Crippen molar-refractivity contribution in [2.24, 2.45) is 0 Å². The van der Waals surface area contributed by atoms with E-state index in [2.05, 4.69) is 20.0 Å². The summed E-state index contributed by atoms with van der Waals surface area (Å²) in [5.41, 5.74) is 0. The summed E-state index contributed by atoms with van der Waals surface area (Å²) in [5.74, 6) is 0.860. The number of hydrogen-bond acceptors (Lipinski definition) is 5. The number of aromatic nitrogens is 2. The van der Waals surface area contributed by atoms with Gasteiger partial charge in [0.05, 0.1) is 0 Å². The Kier molecular flexibility index (Phi) is 3.31. The molecule has 2 rings (SSSR count). The van der Waals surface area contributed by atoms with Crippen LogP contribution >= 0.6 is 11.5 Å². The molecule has 14 heavy (non-hydrogen) atoms. The monoisotopic (exact) mass is 212 g/mol. The van der Waals surface area contributed by atoms with Crippen molar-refractivity contribution in [3.63, 3.8) is 0 Å². The van der Waals surface area contributed by atoms with Crippen LogP contribution in [0.5, 0.6) is 0 Å². The van der Waals surface area contributed by atoms with E-state index in [1.807, 2.05) is 6.92 Å². The lowest BCUT2D eigenvalue weighted by molar-refractivity contribution is 0.635. The third-order valence-electron chi connectivity index (χ3n) is 2.40. The molecule has 1 aromatic heterocycles. The minimum Gasteiger partial charge on any atom is -0.356 e. The fourth-order valence-corrected chi connectivity index (χ4v) is 2.32. The van der Waals surface area contributed by atoms with Gasteiger partial charge in [0.1, 0.15) is 5.82 Å². The number of hydrogen-bond donors (Lipinski definition) is 2. The topological polar surface area (TPSA) is 49.8 Å². The highest BCUT2D eigenvalue weighted by molar-refractivity contribution is 7.09. The molecule has 1 aliphatic rings. The van der Waals surface area contributed by atoms with Crippen LogP contribution in [0.25, 0.3) is 0 Å². The molecule has 0 spiro atoms. The van der Waals surface area contributed by atoms with Gasteiger partial charge in [-0.2, -0.15) is 4.37 Å². The predicted molar refractivity (Wildman–Crippen MR) is 58.8 cm³/mol. The van der Waals surface area contributed by atoms with Gasteiger partial charge >= 0.3 is 0 Å². The normalized spacial score (nSPS) is 23.1. The van der Waals surface area contributed by atoms with E-state index in [-0.39, 0.29) is 0 Å². The Balaban J connectivity index is 1.89. The highest BCUT2D eigenvalue weighted by Gasteiger charge is 2.12. The first kappa shape index (κ1) is 9.86. The molecule has 0 amide bonds. The maximum Gasteiger partial charge on any atom is 0.202 e. The van der Waals surface area contributed by atoms with Crippen LogP contribution in [0, 0.1) is 6.92 Å². The second-order valence-corrected chi connectivity index (χ2v) is 4.44. The molecular weight excluding hydrogens is 196 g/mol. The van der Waals surface area contributed by atoms with Crippen LogP contribution in [-0.2, 0) is 0 Å². The van der Waals surface area contributed by atoms with Crippen LogP contribution in [0.2, 0.25) is 0 Å². The molecule has 5 heteroatoms. The van der Waals surface area contributed by atoms with Crippen LogP contribution in [0.1, 0.15) is 25.1 Å². The van der Waals surface area contributed by atoms with Crippen molar-refractivity contribution in [1.29, 1.82) is 0 Å². The summed E-state index contributed by atoms with van der Waals surface area (Å²) < 4.78 is 4.15. The predicted octanol–water partition coefficient (Wildman–Crippen LogP) is 1.40. The van der Waals surface area contributed by atoms with Gasteiger partial charge in [-0.05, 0) is 26.3 Å². The molecule has 0 saturated carbocycles. The average molecular weight is 212 g/mol. The van der Waals surface area contributed by atoms with Crippen molar-refractivity contribution in [2.45, 2.75) is 32.2 Å². The summed E-state index contributed by atoms with van der Waals surface area (Å²) in [7, 11) is 0. The first-order valence-corrected chi connectivity index (χ1v) is 5.89. The highest BCUT2D eigenvalue weighted by Crippen LogP contribution is 2.14. The number of aryl methyl sites for hydroxylation is 1. The van der Waals surface area contributed by atoms with E-state index in [0.717, 1.165) is 24.0 Å². The van der Waals surface area contributed by atoms with Crippen molar-refractivity contribution in [1.82, 2.24) is 14.7 Å². The van der Waals surface area contributed by atoms with E-state index in [0.29, 0.717) is 6.04 Å². The number of anilines is 1. The Morgan fingerprint density at radius 3 is 3.21 bits per heavy atom. The summed E-state index contributed by atoms with van der Waals surface area (Å²) in [6.07, 6.45) is 3.81. The molecule has 0 radical (unpaired) electrons. The fourth-order valence-electron chi connectivity index (χ4n) is 1.67. The second-order valence-electron chi connectivity index (χ2n) is 3.69. The van der Waals surface area contributed by atoms with Gasteiger partial charge in [-0.25, -0.2) is 4.98 Å². The first-order chi connectivity index (χ1) is 6.84. The summed E-state index contributed by atoms with van der Waals surface area (Å²) >= 11 is 1.45. The Morgan fingerprint density at radius 2 is 2.43 bits per heavy atom. The minimum atomic E-state index is 0.518. The molecule has 1 aliphatic heterocycles. The average Bonchev–Trinajstić information content (AvgIpc) is 2.43. The van der Waals surface area contributed by atoms with E-state index in [9.17, 15) is 0 Å². The Morgan fingerprint density at radius 1 is 1.50 bits per heavy atom. The van der Waals surface area contributed by atoms with Crippen molar-refractivity contribution < 1.29 is 0 Å². The quantitative estimate of drug-likeness (QED) is 0.778. The van der Waals surface area contributed by atoms with Crippen LogP contribution in [0.15, 0.2) is 0 Å². The third-order valence-corrected chi connectivity index (χ3v) is 3.14. The molecule has 78 valence electrons. The van der Waals surface area contributed by atoms with E-state index in [4.69, 9.17) is 0 Å². The van der Waals surface area contributed by atoms with Gasteiger partial charge in [0.2, 0.25) is 5.13 Å². The van der Waals surface area contributed by atoms with Crippen molar-refractivity contribution >= 4 is 16.7 Å². The van der Waals surface area contributed by atoms with Gasteiger partial charge in [-0.3, -0.25) is 0 Å². The van der Waals surface area contributed by atoms with Crippen LogP contribution in [0.3, 0.4) is 0 Å². The molecular formula is C9H16N4S. The van der Waals surface area contributed by atoms with E-state index in [1.165, 1.54) is 30.8 Å². The van der Waals surface area contributed by atoms with Crippen molar-refractivity contribution in [2.75, 3.05) is 18.4 Å². The SMILES string of the molecule is Cc1nsc(NC2CCCCNC2)n1. The smallest absolute Gasteiger partial charge is 0.202 e. The Hall–Kier alpha value is -0.680. The van der Waals surface area contributed by atoms with Crippen LogP contribution < -0.4 is 10.6 Å².